The Labute approximate surface area is 160 Å². The molecule has 1 N–H and O–H groups in total. The third-order valence-corrected chi connectivity index (χ3v) is 5.52. The first kappa shape index (κ1) is 21.5. The number of ether oxygens (including phenoxy) is 1. The number of rotatable bonds is 8. The molecule has 2 aliphatic heterocycles. The van der Waals surface area contributed by atoms with E-state index in [1.54, 1.807) is 0 Å². The van der Waals surface area contributed by atoms with E-state index in [1.165, 1.54) is 6.42 Å². The smallest absolute Gasteiger partial charge is 0.193 e. The van der Waals surface area contributed by atoms with Crippen molar-refractivity contribution < 1.29 is 4.74 Å². The van der Waals surface area contributed by atoms with Crippen molar-refractivity contribution in [3.8, 4) is 0 Å². The summed E-state index contributed by atoms with van der Waals surface area (Å²) >= 11 is 0. The summed E-state index contributed by atoms with van der Waals surface area (Å²) < 4.78 is 5.50. The van der Waals surface area contributed by atoms with Crippen molar-refractivity contribution in [3.05, 3.63) is 0 Å². The molecule has 0 spiro atoms. The Morgan fingerprint density at radius 2 is 1.85 bits per heavy atom. The molecule has 0 aromatic rings. The Balaban J connectivity index is 1.82. The fourth-order valence-corrected chi connectivity index (χ4v) is 4.15. The second-order valence-electron chi connectivity index (χ2n) is 8.05. The molecule has 0 aromatic heterocycles. The lowest BCUT2D eigenvalue weighted by molar-refractivity contribution is 0.0195. The van der Waals surface area contributed by atoms with Crippen molar-refractivity contribution in [1.29, 1.82) is 0 Å². The fraction of sp³-hybridized carbons (Fsp3) is 0.950. The van der Waals surface area contributed by atoms with Gasteiger partial charge in [-0.15, -0.1) is 0 Å². The van der Waals surface area contributed by atoms with Crippen LogP contribution >= 0.6 is 0 Å². The van der Waals surface area contributed by atoms with Gasteiger partial charge in [0.05, 0.1) is 13.2 Å². The zero-order valence-corrected chi connectivity index (χ0v) is 17.7. The van der Waals surface area contributed by atoms with Gasteiger partial charge in [-0.25, -0.2) is 0 Å². The largest absolute Gasteiger partial charge is 0.379 e. The molecule has 1 unspecified atom stereocenters. The van der Waals surface area contributed by atoms with Crippen LogP contribution in [0.5, 0.6) is 0 Å². The Morgan fingerprint density at radius 1 is 1.15 bits per heavy atom. The molecule has 2 rings (SSSR count). The minimum absolute atomic E-state index is 0.597. The molecule has 0 amide bonds. The van der Waals surface area contributed by atoms with Gasteiger partial charge in [0.25, 0.3) is 0 Å². The number of likely N-dealkylation sites (tertiary alicyclic amines) is 1. The van der Waals surface area contributed by atoms with Gasteiger partial charge >= 0.3 is 0 Å². The van der Waals surface area contributed by atoms with E-state index in [9.17, 15) is 0 Å². The molecule has 0 bridgehead atoms. The quantitative estimate of drug-likeness (QED) is 0.403. The van der Waals surface area contributed by atoms with Crippen molar-refractivity contribution >= 4 is 5.96 Å². The van der Waals surface area contributed by atoms with Crippen LogP contribution in [0, 0.1) is 0 Å². The molecule has 1 atom stereocenters. The number of guanidine groups is 1. The Kier molecular flexibility index (Phi) is 9.16. The second kappa shape index (κ2) is 11.1. The van der Waals surface area contributed by atoms with Crippen LogP contribution in [0.4, 0.5) is 0 Å². The van der Waals surface area contributed by atoms with E-state index in [4.69, 9.17) is 9.73 Å². The lowest BCUT2D eigenvalue weighted by Crippen LogP contribution is -2.46. The maximum atomic E-state index is 5.50. The number of hydrogen-bond donors (Lipinski definition) is 1. The van der Waals surface area contributed by atoms with Gasteiger partial charge in [0.15, 0.2) is 5.96 Å². The summed E-state index contributed by atoms with van der Waals surface area (Å²) in [4.78, 5) is 12.5. The van der Waals surface area contributed by atoms with Crippen LogP contribution in [0.2, 0.25) is 0 Å². The summed E-state index contributed by atoms with van der Waals surface area (Å²) in [5, 5.41) is 3.50. The fourth-order valence-electron chi connectivity index (χ4n) is 4.15. The normalized spacial score (nSPS) is 22.8. The van der Waals surface area contributed by atoms with Crippen molar-refractivity contribution in [3.63, 3.8) is 0 Å². The van der Waals surface area contributed by atoms with Crippen LogP contribution in [0.15, 0.2) is 4.99 Å². The minimum Gasteiger partial charge on any atom is -0.379 e. The van der Waals surface area contributed by atoms with E-state index < -0.39 is 0 Å². The van der Waals surface area contributed by atoms with E-state index in [2.05, 4.69) is 54.6 Å². The van der Waals surface area contributed by atoms with Crippen LogP contribution in [0.3, 0.4) is 0 Å². The maximum Gasteiger partial charge on any atom is 0.193 e. The molecular weight excluding hydrogens is 326 g/mol. The van der Waals surface area contributed by atoms with Crippen LogP contribution in [0.25, 0.3) is 0 Å². The topological polar surface area (TPSA) is 43.3 Å². The summed E-state index contributed by atoms with van der Waals surface area (Å²) in [6.45, 7) is 20.4. The number of nitrogens with zero attached hydrogens (tertiary/aromatic N) is 4. The van der Waals surface area contributed by atoms with Crippen LogP contribution in [-0.4, -0.2) is 97.8 Å². The first-order valence-corrected chi connectivity index (χ1v) is 10.6. The first-order chi connectivity index (χ1) is 12.5. The summed E-state index contributed by atoms with van der Waals surface area (Å²) in [5.74, 6) is 1.10. The highest BCUT2D eigenvalue weighted by atomic mass is 16.5. The standard InChI is InChI=1S/C20H41N5O/c1-6-21-20(22-9-7-10-25(17(2)3)18(4)5)24-11-8-19(16-24)23-12-14-26-15-13-23/h17-19H,6-16H2,1-5H3,(H,21,22). The third kappa shape index (κ3) is 6.39. The first-order valence-electron chi connectivity index (χ1n) is 10.6. The lowest BCUT2D eigenvalue weighted by atomic mass is 10.2. The molecule has 152 valence electrons. The molecule has 2 heterocycles. The van der Waals surface area contributed by atoms with Crippen molar-refractivity contribution in [2.24, 2.45) is 4.99 Å². The molecule has 2 fully saturated rings. The lowest BCUT2D eigenvalue weighted by Gasteiger charge is -2.32. The van der Waals surface area contributed by atoms with E-state index in [-0.39, 0.29) is 0 Å². The predicted octanol–water partition coefficient (Wildman–Crippen LogP) is 1.87. The SMILES string of the molecule is CCNC(=NCCCN(C(C)C)C(C)C)N1CCC(N2CCOCC2)C1. The molecule has 0 aromatic carbocycles. The highest BCUT2D eigenvalue weighted by Gasteiger charge is 2.30. The Morgan fingerprint density at radius 3 is 2.46 bits per heavy atom. The van der Waals surface area contributed by atoms with Gasteiger partial charge in [-0.2, -0.15) is 0 Å². The Bertz CT molecular complexity index is 412. The number of aliphatic imine (C=N–C) groups is 1. The van der Waals surface area contributed by atoms with Gasteiger partial charge in [-0.05, 0) is 47.5 Å². The highest BCUT2D eigenvalue weighted by Crippen LogP contribution is 2.17. The molecule has 2 aliphatic rings. The maximum absolute atomic E-state index is 5.50. The number of nitrogens with one attached hydrogen (secondary N) is 1. The second-order valence-corrected chi connectivity index (χ2v) is 8.05. The predicted molar refractivity (Wildman–Crippen MR) is 110 cm³/mol. The van der Waals surface area contributed by atoms with Gasteiger partial charge in [-0.3, -0.25) is 14.8 Å². The van der Waals surface area contributed by atoms with Crippen molar-refractivity contribution in [1.82, 2.24) is 20.0 Å². The van der Waals surface area contributed by atoms with Gasteiger partial charge in [0.1, 0.15) is 0 Å². The molecule has 26 heavy (non-hydrogen) atoms. The van der Waals surface area contributed by atoms with Gasteiger partial charge in [0, 0.05) is 63.9 Å². The highest BCUT2D eigenvalue weighted by molar-refractivity contribution is 5.80. The van der Waals surface area contributed by atoms with Crippen molar-refractivity contribution in [2.45, 2.75) is 65.6 Å². The van der Waals surface area contributed by atoms with Crippen LogP contribution in [-0.2, 0) is 4.74 Å². The average molecular weight is 368 g/mol. The molecule has 2 saturated heterocycles. The monoisotopic (exact) mass is 367 g/mol. The summed E-state index contributed by atoms with van der Waals surface area (Å²) in [6.07, 6.45) is 2.35. The van der Waals surface area contributed by atoms with Gasteiger partial charge in [-0.1, -0.05) is 0 Å². The van der Waals surface area contributed by atoms with E-state index in [0.29, 0.717) is 18.1 Å². The molecule has 0 radical (unpaired) electrons. The van der Waals surface area contributed by atoms with E-state index in [0.717, 1.165) is 71.4 Å². The summed E-state index contributed by atoms with van der Waals surface area (Å²) in [7, 11) is 0. The van der Waals surface area contributed by atoms with E-state index >= 15 is 0 Å². The zero-order valence-electron chi connectivity index (χ0n) is 17.7. The molecule has 6 heteroatoms. The third-order valence-electron chi connectivity index (χ3n) is 5.52. The average Bonchev–Trinajstić information content (AvgIpc) is 3.10. The molecular formula is C20H41N5O. The molecule has 0 saturated carbocycles. The van der Waals surface area contributed by atoms with Crippen LogP contribution in [0.1, 0.15) is 47.5 Å². The van der Waals surface area contributed by atoms with Crippen molar-refractivity contribution in [2.75, 3.05) is 59.0 Å². The summed E-state index contributed by atoms with van der Waals surface area (Å²) in [5.41, 5.74) is 0. The molecule has 6 nitrogen and oxygen atoms in total. The number of hydrogen-bond acceptors (Lipinski definition) is 4. The number of morpholine rings is 1. The van der Waals surface area contributed by atoms with E-state index in [1.807, 2.05) is 0 Å². The zero-order chi connectivity index (χ0) is 18.9. The summed E-state index contributed by atoms with van der Waals surface area (Å²) in [6, 6.07) is 1.85. The Hall–Kier alpha value is -0.850. The van der Waals surface area contributed by atoms with Gasteiger partial charge in [0.2, 0.25) is 0 Å². The van der Waals surface area contributed by atoms with Gasteiger partial charge < -0.3 is 15.0 Å². The minimum atomic E-state index is 0.597. The van der Waals surface area contributed by atoms with Crippen LogP contribution < -0.4 is 5.32 Å². The molecule has 0 aliphatic carbocycles.